The second-order valence-corrected chi connectivity index (χ2v) is 4.97. The van der Waals surface area contributed by atoms with Crippen LogP contribution < -0.4 is 20.1 Å². The molecule has 0 saturated carbocycles. The summed E-state index contributed by atoms with van der Waals surface area (Å²) in [4.78, 5) is 12.1. The van der Waals surface area contributed by atoms with Gasteiger partial charge in [0.15, 0.2) is 0 Å². The Morgan fingerprint density at radius 3 is 2.46 bits per heavy atom. The number of ether oxygens (including phenoxy) is 2. The number of nitrogens with one attached hydrogen (secondary N) is 2. The number of benzene rings is 2. The first-order valence-corrected chi connectivity index (χ1v) is 7.25. The molecule has 7 heteroatoms. The van der Waals surface area contributed by atoms with Gasteiger partial charge in [0.25, 0.3) is 0 Å². The van der Waals surface area contributed by atoms with Crippen molar-refractivity contribution < 1.29 is 23.0 Å². The molecule has 1 atom stereocenters. The van der Waals surface area contributed by atoms with Gasteiger partial charge in [-0.1, -0.05) is 30.3 Å². The van der Waals surface area contributed by atoms with E-state index < -0.39 is 12.6 Å². The first kappa shape index (κ1) is 17.5. The first-order valence-electron chi connectivity index (χ1n) is 7.25. The summed E-state index contributed by atoms with van der Waals surface area (Å²) >= 11 is 0. The van der Waals surface area contributed by atoms with Crippen LogP contribution in [0.4, 0.5) is 19.3 Å². The lowest BCUT2D eigenvalue weighted by atomic mass is 10.1. The van der Waals surface area contributed by atoms with Gasteiger partial charge in [0.1, 0.15) is 11.5 Å². The standard InChI is InChI=1S/C17H18F2N2O3/c1-11(12-6-4-3-5-7-12)20-17(22)21-14-10-13(23-2)8-9-15(14)24-16(18)19/h3-11,16H,1-2H3,(H2,20,21,22)/t11-/m1/s1. The molecule has 2 amide bonds. The predicted octanol–water partition coefficient (Wildman–Crippen LogP) is 4.18. The Labute approximate surface area is 138 Å². The molecule has 5 nitrogen and oxygen atoms in total. The normalized spacial score (nSPS) is 11.7. The quantitative estimate of drug-likeness (QED) is 0.832. The largest absolute Gasteiger partial charge is 0.497 e. The van der Waals surface area contributed by atoms with Crippen molar-refractivity contribution in [3.8, 4) is 11.5 Å². The van der Waals surface area contributed by atoms with E-state index in [0.29, 0.717) is 5.75 Å². The highest BCUT2D eigenvalue weighted by molar-refractivity contribution is 5.91. The van der Waals surface area contributed by atoms with E-state index in [9.17, 15) is 13.6 Å². The minimum Gasteiger partial charge on any atom is -0.497 e. The van der Waals surface area contributed by atoms with Gasteiger partial charge in [-0.05, 0) is 24.6 Å². The van der Waals surface area contributed by atoms with Crippen molar-refractivity contribution in [1.29, 1.82) is 0 Å². The van der Waals surface area contributed by atoms with E-state index in [1.165, 1.54) is 25.3 Å². The second kappa shape index (κ2) is 8.14. The van der Waals surface area contributed by atoms with Crippen LogP contribution in [0, 0.1) is 0 Å². The molecule has 0 unspecified atom stereocenters. The molecule has 0 bridgehead atoms. The number of urea groups is 1. The Kier molecular flexibility index (Phi) is 5.95. The molecular formula is C17H18F2N2O3. The molecule has 0 saturated heterocycles. The molecule has 0 spiro atoms. The van der Waals surface area contributed by atoms with Crippen molar-refractivity contribution in [3.05, 3.63) is 54.1 Å². The third kappa shape index (κ3) is 4.84. The fourth-order valence-electron chi connectivity index (χ4n) is 2.11. The van der Waals surface area contributed by atoms with E-state index in [1.807, 2.05) is 37.3 Å². The van der Waals surface area contributed by atoms with Crippen LogP contribution in [-0.2, 0) is 0 Å². The van der Waals surface area contributed by atoms with Gasteiger partial charge >= 0.3 is 12.6 Å². The summed E-state index contributed by atoms with van der Waals surface area (Å²) in [6.45, 7) is -1.18. The van der Waals surface area contributed by atoms with E-state index in [-0.39, 0.29) is 17.5 Å². The van der Waals surface area contributed by atoms with Gasteiger partial charge in [0.05, 0.1) is 18.8 Å². The van der Waals surface area contributed by atoms with Crippen LogP contribution in [0.2, 0.25) is 0 Å². The first-order chi connectivity index (χ1) is 11.5. The smallest absolute Gasteiger partial charge is 0.387 e. The van der Waals surface area contributed by atoms with Gasteiger partial charge in [0, 0.05) is 6.07 Å². The fraction of sp³-hybridized carbons (Fsp3) is 0.235. The maximum atomic E-state index is 12.5. The average molecular weight is 336 g/mol. The SMILES string of the molecule is COc1ccc(OC(F)F)c(NC(=O)N[C@H](C)c2ccccc2)c1. The van der Waals surface area contributed by atoms with E-state index in [2.05, 4.69) is 15.4 Å². The van der Waals surface area contributed by atoms with Crippen molar-refractivity contribution in [2.45, 2.75) is 19.6 Å². The van der Waals surface area contributed by atoms with Crippen molar-refractivity contribution in [3.63, 3.8) is 0 Å². The number of methoxy groups -OCH3 is 1. The molecule has 24 heavy (non-hydrogen) atoms. The zero-order chi connectivity index (χ0) is 17.5. The second-order valence-electron chi connectivity index (χ2n) is 4.97. The van der Waals surface area contributed by atoms with Crippen molar-refractivity contribution in [2.75, 3.05) is 12.4 Å². The van der Waals surface area contributed by atoms with E-state index in [4.69, 9.17) is 4.74 Å². The lowest BCUT2D eigenvalue weighted by molar-refractivity contribution is -0.0493. The van der Waals surface area contributed by atoms with Crippen LogP contribution in [0.5, 0.6) is 11.5 Å². The molecule has 0 aliphatic heterocycles. The zero-order valence-corrected chi connectivity index (χ0v) is 13.3. The van der Waals surface area contributed by atoms with Gasteiger partial charge in [-0.15, -0.1) is 0 Å². The maximum Gasteiger partial charge on any atom is 0.387 e. The zero-order valence-electron chi connectivity index (χ0n) is 13.3. The summed E-state index contributed by atoms with van der Waals surface area (Å²) in [6, 6.07) is 12.7. The number of hydrogen-bond acceptors (Lipinski definition) is 3. The Bertz CT molecular complexity index is 681. The minimum absolute atomic E-state index is 0.0902. The van der Waals surface area contributed by atoms with E-state index in [0.717, 1.165) is 5.56 Å². The molecular weight excluding hydrogens is 318 g/mol. The number of halogens is 2. The summed E-state index contributed by atoms with van der Waals surface area (Å²) in [7, 11) is 1.43. The Morgan fingerprint density at radius 2 is 1.83 bits per heavy atom. The highest BCUT2D eigenvalue weighted by atomic mass is 19.3. The molecule has 0 heterocycles. The number of hydrogen-bond donors (Lipinski definition) is 2. The van der Waals surface area contributed by atoms with Crippen LogP contribution >= 0.6 is 0 Å². The fourth-order valence-corrected chi connectivity index (χ4v) is 2.11. The highest BCUT2D eigenvalue weighted by Crippen LogP contribution is 2.30. The third-order valence-electron chi connectivity index (χ3n) is 3.30. The van der Waals surface area contributed by atoms with E-state index in [1.54, 1.807) is 0 Å². The lowest BCUT2D eigenvalue weighted by Gasteiger charge is -2.17. The van der Waals surface area contributed by atoms with Crippen LogP contribution in [-0.4, -0.2) is 19.8 Å². The molecule has 0 radical (unpaired) electrons. The molecule has 2 N–H and O–H groups in total. The Morgan fingerprint density at radius 1 is 1.12 bits per heavy atom. The third-order valence-corrected chi connectivity index (χ3v) is 3.30. The molecule has 0 fully saturated rings. The minimum atomic E-state index is -3.00. The molecule has 2 aromatic rings. The summed E-state index contributed by atoms with van der Waals surface area (Å²) in [5.41, 5.74) is 1.01. The summed E-state index contributed by atoms with van der Waals surface area (Å²) in [5.74, 6) is 0.260. The monoisotopic (exact) mass is 336 g/mol. The number of rotatable bonds is 6. The van der Waals surface area contributed by atoms with Crippen molar-refractivity contribution >= 4 is 11.7 Å². The van der Waals surface area contributed by atoms with Gasteiger partial charge in [0.2, 0.25) is 0 Å². The number of alkyl halides is 2. The molecule has 0 aromatic heterocycles. The molecule has 2 aromatic carbocycles. The van der Waals surface area contributed by atoms with Crippen LogP contribution in [0.1, 0.15) is 18.5 Å². The van der Waals surface area contributed by atoms with Crippen LogP contribution in [0.3, 0.4) is 0 Å². The van der Waals surface area contributed by atoms with Gasteiger partial charge in [-0.2, -0.15) is 8.78 Å². The molecule has 128 valence electrons. The summed E-state index contributed by atoms with van der Waals surface area (Å²) in [6.07, 6.45) is 0. The Balaban J connectivity index is 2.09. The average Bonchev–Trinajstić information content (AvgIpc) is 2.56. The van der Waals surface area contributed by atoms with Crippen molar-refractivity contribution in [1.82, 2.24) is 5.32 Å². The molecule has 0 aliphatic carbocycles. The van der Waals surface area contributed by atoms with Gasteiger partial charge < -0.3 is 20.1 Å². The number of carbonyl (C=O) groups is 1. The van der Waals surface area contributed by atoms with Gasteiger partial charge in [-0.3, -0.25) is 0 Å². The number of anilines is 1. The summed E-state index contributed by atoms with van der Waals surface area (Å²) in [5, 5.41) is 5.23. The van der Waals surface area contributed by atoms with Crippen molar-refractivity contribution in [2.24, 2.45) is 0 Å². The predicted molar refractivity (Wildman–Crippen MR) is 86.6 cm³/mol. The Hall–Kier alpha value is -2.83. The van der Waals surface area contributed by atoms with Crippen LogP contribution in [0.15, 0.2) is 48.5 Å². The summed E-state index contributed by atoms with van der Waals surface area (Å²) < 4.78 is 34.4. The molecule has 2 rings (SSSR count). The van der Waals surface area contributed by atoms with E-state index >= 15 is 0 Å². The highest BCUT2D eigenvalue weighted by Gasteiger charge is 2.15. The lowest BCUT2D eigenvalue weighted by Crippen LogP contribution is -2.31. The van der Waals surface area contributed by atoms with Gasteiger partial charge in [-0.25, -0.2) is 4.79 Å². The molecule has 0 aliphatic rings. The number of amides is 2. The number of carbonyl (C=O) groups excluding carboxylic acids is 1. The topological polar surface area (TPSA) is 59.6 Å². The van der Waals surface area contributed by atoms with Crippen LogP contribution in [0.25, 0.3) is 0 Å². The maximum absolute atomic E-state index is 12.5.